The van der Waals surface area contributed by atoms with Gasteiger partial charge >= 0.3 is 5.97 Å². The molecule has 0 saturated heterocycles. The molecule has 0 radical (unpaired) electrons. The van der Waals surface area contributed by atoms with Crippen LogP contribution in [0.2, 0.25) is 5.02 Å². The van der Waals surface area contributed by atoms with Gasteiger partial charge in [-0.05, 0) is 13.8 Å². The van der Waals surface area contributed by atoms with Gasteiger partial charge in [0.2, 0.25) is 0 Å². The molecule has 126 valence electrons. The van der Waals surface area contributed by atoms with E-state index in [4.69, 9.17) is 16.3 Å². The molecule has 0 unspecified atom stereocenters. The molecule has 4 nitrogen and oxygen atoms in total. The van der Waals surface area contributed by atoms with E-state index >= 15 is 0 Å². The van der Waals surface area contributed by atoms with Crippen LogP contribution in [0.15, 0.2) is 12.3 Å². The zero-order valence-electron chi connectivity index (χ0n) is 12.4. The van der Waals surface area contributed by atoms with Crippen molar-refractivity contribution < 1.29 is 32.2 Å². The molecular weight excluding hydrogens is 337 g/mol. The van der Waals surface area contributed by atoms with Crippen LogP contribution in [0.1, 0.15) is 29.3 Å². The van der Waals surface area contributed by atoms with Gasteiger partial charge in [0.05, 0.1) is 31.1 Å². The predicted octanol–water partition coefficient (Wildman–Crippen LogP) is 3.73. The monoisotopic (exact) mass is 350 g/mol. The average molecular weight is 351 g/mol. The first-order valence-corrected chi connectivity index (χ1v) is 6.99. The zero-order chi connectivity index (χ0) is 17.6. The van der Waals surface area contributed by atoms with Gasteiger partial charge < -0.3 is 9.47 Å². The molecule has 0 spiro atoms. The Balaban J connectivity index is 2.72. The second-order valence-electron chi connectivity index (χ2n) is 4.35. The lowest BCUT2D eigenvalue weighted by Crippen LogP contribution is -2.11. The van der Waals surface area contributed by atoms with Crippen LogP contribution in [-0.4, -0.2) is 25.0 Å². The largest absolute Gasteiger partial charge is 0.500 e. The van der Waals surface area contributed by atoms with Crippen molar-refractivity contribution in [3.05, 3.63) is 45.9 Å². The van der Waals surface area contributed by atoms with Crippen molar-refractivity contribution in [2.24, 2.45) is 0 Å². The lowest BCUT2D eigenvalue weighted by Gasteiger charge is -2.10. The minimum absolute atomic E-state index is 0.190. The van der Waals surface area contributed by atoms with E-state index in [0.29, 0.717) is 0 Å². The molecule has 0 aromatic heterocycles. The smallest absolute Gasteiger partial charge is 0.333 e. The molecule has 0 aliphatic carbocycles. The lowest BCUT2D eigenvalue weighted by atomic mass is 10.0. The molecule has 0 N–H and O–H groups in total. The Morgan fingerprint density at radius 2 is 1.83 bits per heavy atom. The Morgan fingerprint density at radius 1 is 1.17 bits per heavy atom. The fourth-order valence-electron chi connectivity index (χ4n) is 1.71. The highest BCUT2D eigenvalue weighted by Crippen LogP contribution is 2.29. The zero-order valence-corrected chi connectivity index (χ0v) is 13.2. The first-order chi connectivity index (χ1) is 10.8. The maximum atomic E-state index is 13.8. The quantitative estimate of drug-likeness (QED) is 0.143. The summed E-state index contributed by atoms with van der Waals surface area (Å²) in [7, 11) is 0. The number of hydrogen-bond acceptors (Lipinski definition) is 4. The fraction of sp³-hybridized carbons (Fsp3) is 0.333. The van der Waals surface area contributed by atoms with Gasteiger partial charge in [0, 0.05) is 12.0 Å². The summed E-state index contributed by atoms with van der Waals surface area (Å²) < 4.78 is 50.1. The third kappa shape index (κ3) is 4.72. The van der Waals surface area contributed by atoms with Gasteiger partial charge in [-0.2, -0.15) is 0 Å². The molecule has 0 fully saturated rings. The summed E-state index contributed by atoms with van der Waals surface area (Å²) in [5, 5.41) is -1.07. The first kappa shape index (κ1) is 19.0. The van der Waals surface area contributed by atoms with Crippen LogP contribution in [0.5, 0.6) is 0 Å². The molecule has 1 rings (SSSR count). The molecule has 0 aliphatic rings. The van der Waals surface area contributed by atoms with E-state index in [1.54, 1.807) is 6.92 Å². The summed E-state index contributed by atoms with van der Waals surface area (Å²) in [6.45, 7) is 2.73. The van der Waals surface area contributed by atoms with E-state index in [1.807, 2.05) is 0 Å². The minimum Gasteiger partial charge on any atom is -0.500 e. The molecule has 0 heterocycles. The van der Waals surface area contributed by atoms with Crippen molar-refractivity contribution in [2.45, 2.75) is 20.3 Å². The van der Waals surface area contributed by atoms with E-state index < -0.39 is 45.4 Å². The summed E-state index contributed by atoms with van der Waals surface area (Å²) in [5.74, 6) is -5.64. The summed E-state index contributed by atoms with van der Waals surface area (Å²) in [4.78, 5) is 22.9. The van der Waals surface area contributed by atoms with Crippen molar-refractivity contribution in [1.82, 2.24) is 0 Å². The van der Waals surface area contributed by atoms with Crippen LogP contribution in [0.25, 0.3) is 0 Å². The Bertz CT molecular complexity index is 615. The minimum atomic E-state index is -1.54. The summed E-state index contributed by atoms with van der Waals surface area (Å²) in [6.07, 6.45) is 1.72. The number of ketones is 1. The van der Waals surface area contributed by atoms with Crippen LogP contribution in [-0.2, 0) is 14.3 Å². The topological polar surface area (TPSA) is 52.6 Å². The standard InChI is InChI=1S/C15H14ClF3O4/c1-3-23-10(21)5-7-22-6-4-9(20)11-8(2)13(17)15(19)12(16)14(11)18/h5,7H,3-4,6H2,1-2H3. The molecular formula is C15H14ClF3O4. The third-order valence-corrected chi connectivity index (χ3v) is 3.15. The van der Waals surface area contributed by atoms with Crippen molar-refractivity contribution in [2.75, 3.05) is 13.2 Å². The number of benzene rings is 1. The molecule has 0 aliphatic heterocycles. The molecule has 0 amide bonds. The van der Waals surface area contributed by atoms with Gasteiger partial charge in [-0.1, -0.05) is 11.6 Å². The summed E-state index contributed by atoms with van der Waals surface area (Å²) in [5.41, 5.74) is -1.08. The van der Waals surface area contributed by atoms with E-state index in [-0.39, 0.29) is 19.6 Å². The molecule has 1 aromatic carbocycles. The van der Waals surface area contributed by atoms with Gasteiger partial charge in [0.15, 0.2) is 23.2 Å². The van der Waals surface area contributed by atoms with E-state index in [0.717, 1.165) is 19.3 Å². The maximum absolute atomic E-state index is 13.8. The highest BCUT2D eigenvalue weighted by Gasteiger charge is 2.25. The van der Waals surface area contributed by atoms with Crippen LogP contribution in [0.4, 0.5) is 13.2 Å². The second kappa shape index (κ2) is 8.57. The predicted molar refractivity (Wildman–Crippen MR) is 76.7 cm³/mol. The molecule has 1 aromatic rings. The molecule has 0 bridgehead atoms. The second-order valence-corrected chi connectivity index (χ2v) is 4.73. The molecule has 23 heavy (non-hydrogen) atoms. The number of carbonyl (C=O) groups excluding carboxylic acids is 2. The number of hydrogen-bond donors (Lipinski definition) is 0. The number of carbonyl (C=O) groups is 2. The number of esters is 1. The van der Waals surface area contributed by atoms with Gasteiger partial charge in [0.1, 0.15) is 5.02 Å². The Hall–Kier alpha value is -2.02. The number of ether oxygens (including phenoxy) is 2. The SMILES string of the molecule is CCOC(=O)C=COCCC(=O)c1c(C)c(F)c(F)c(Cl)c1F. The summed E-state index contributed by atoms with van der Waals surface area (Å²) >= 11 is 5.32. The van der Waals surface area contributed by atoms with Crippen molar-refractivity contribution >= 4 is 23.4 Å². The fourth-order valence-corrected chi connectivity index (χ4v) is 1.89. The van der Waals surface area contributed by atoms with Crippen LogP contribution in [0, 0.1) is 24.4 Å². The highest BCUT2D eigenvalue weighted by atomic mass is 35.5. The summed E-state index contributed by atoms with van der Waals surface area (Å²) in [6, 6.07) is 0. The number of Topliss-reactive ketones (excluding diaryl/α,β-unsaturated/α-hetero) is 1. The Labute approximate surface area is 135 Å². The van der Waals surface area contributed by atoms with E-state index in [1.165, 1.54) is 0 Å². The van der Waals surface area contributed by atoms with Gasteiger partial charge in [-0.25, -0.2) is 18.0 Å². The number of rotatable bonds is 7. The molecule has 0 saturated carbocycles. The highest BCUT2D eigenvalue weighted by molar-refractivity contribution is 6.31. The maximum Gasteiger partial charge on any atom is 0.333 e. The van der Waals surface area contributed by atoms with Gasteiger partial charge in [-0.15, -0.1) is 0 Å². The van der Waals surface area contributed by atoms with E-state index in [9.17, 15) is 22.8 Å². The van der Waals surface area contributed by atoms with Crippen molar-refractivity contribution in [1.29, 1.82) is 0 Å². The van der Waals surface area contributed by atoms with Crippen molar-refractivity contribution in [3.8, 4) is 0 Å². The normalized spacial score (nSPS) is 10.9. The molecule has 8 heteroatoms. The number of halogens is 4. The lowest BCUT2D eigenvalue weighted by molar-refractivity contribution is -0.137. The molecule has 0 atom stereocenters. The first-order valence-electron chi connectivity index (χ1n) is 6.61. The Morgan fingerprint density at radius 3 is 2.43 bits per heavy atom. The average Bonchev–Trinajstić information content (AvgIpc) is 2.51. The van der Waals surface area contributed by atoms with Crippen LogP contribution >= 0.6 is 11.6 Å². The van der Waals surface area contributed by atoms with E-state index in [2.05, 4.69) is 4.74 Å². The van der Waals surface area contributed by atoms with Crippen molar-refractivity contribution in [3.63, 3.8) is 0 Å². The van der Waals surface area contributed by atoms with Gasteiger partial charge in [-0.3, -0.25) is 4.79 Å². The third-order valence-electron chi connectivity index (χ3n) is 2.81. The Kier molecular flexibility index (Phi) is 7.09. The van der Waals surface area contributed by atoms with Crippen LogP contribution in [0.3, 0.4) is 0 Å². The van der Waals surface area contributed by atoms with Crippen LogP contribution < -0.4 is 0 Å². The van der Waals surface area contributed by atoms with Gasteiger partial charge in [0.25, 0.3) is 0 Å².